The molecular weight excluding hydrogens is 397 g/mol. The first-order valence-corrected chi connectivity index (χ1v) is 8.26. The molecule has 6 heteroatoms. The molecule has 1 unspecified atom stereocenters. The van der Waals surface area contributed by atoms with Gasteiger partial charge in [-0.25, -0.2) is 0 Å². The average molecular weight is 425 g/mol. The van der Waals surface area contributed by atoms with Crippen LogP contribution in [0.2, 0.25) is 0 Å². The molecule has 0 aromatic carbocycles. The molecule has 1 atom stereocenters. The third-order valence-electron chi connectivity index (χ3n) is 3.12. The van der Waals surface area contributed by atoms with E-state index < -0.39 is 0 Å². The number of thiophene rings is 1. The SMILES string of the molecule is CCOCCCCNC(=NC)NCC(C)c1ccsc1.I. The first-order valence-electron chi connectivity index (χ1n) is 7.32. The van der Waals surface area contributed by atoms with E-state index in [0.29, 0.717) is 5.92 Å². The van der Waals surface area contributed by atoms with Crippen LogP contribution in [-0.2, 0) is 4.74 Å². The maximum atomic E-state index is 5.31. The summed E-state index contributed by atoms with van der Waals surface area (Å²) in [6.45, 7) is 7.73. The predicted octanol–water partition coefficient (Wildman–Crippen LogP) is 3.45. The van der Waals surface area contributed by atoms with Gasteiger partial charge in [-0.1, -0.05) is 6.92 Å². The standard InChI is InChI=1S/C15H27N3OS.HI/c1-4-19-9-6-5-8-17-15(16-3)18-11-13(2)14-7-10-20-12-14;/h7,10,12-13H,4-6,8-9,11H2,1-3H3,(H2,16,17,18);1H. The zero-order chi connectivity index (χ0) is 14.6. The van der Waals surface area contributed by atoms with Gasteiger partial charge in [0.1, 0.15) is 0 Å². The van der Waals surface area contributed by atoms with Crippen molar-refractivity contribution < 1.29 is 4.74 Å². The number of unbranched alkanes of at least 4 members (excludes halogenated alkanes) is 1. The minimum atomic E-state index is 0. The second-order valence-corrected chi connectivity index (χ2v) is 5.52. The Labute approximate surface area is 149 Å². The lowest BCUT2D eigenvalue weighted by atomic mass is 10.1. The fraction of sp³-hybridized carbons (Fsp3) is 0.667. The molecule has 0 radical (unpaired) electrons. The molecule has 4 nitrogen and oxygen atoms in total. The molecule has 2 N–H and O–H groups in total. The zero-order valence-corrected chi connectivity index (χ0v) is 16.4. The Morgan fingerprint density at radius 1 is 1.38 bits per heavy atom. The lowest BCUT2D eigenvalue weighted by Crippen LogP contribution is -2.39. The highest BCUT2D eigenvalue weighted by atomic mass is 127. The van der Waals surface area contributed by atoms with E-state index in [-0.39, 0.29) is 24.0 Å². The summed E-state index contributed by atoms with van der Waals surface area (Å²) >= 11 is 1.75. The minimum absolute atomic E-state index is 0. The molecule has 0 saturated carbocycles. The van der Waals surface area contributed by atoms with Crippen LogP contribution in [0.3, 0.4) is 0 Å². The number of guanidine groups is 1. The summed E-state index contributed by atoms with van der Waals surface area (Å²) in [6.07, 6.45) is 2.18. The van der Waals surface area contributed by atoms with E-state index in [9.17, 15) is 0 Å². The summed E-state index contributed by atoms with van der Waals surface area (Å²) in [5.74, 6) is 1.38. The van der Waals surface area contributed by atoms with Gasteiger partial charge in [-0.3, -0.25) is 4.99 Å². The molecule has 0 aliphatic heterocycles. The number of ether oxygens (including phenoxy) is 1. The highest BCUT2D eigenvalue weighted by Gasteiger charge is 2.06. The third kappa shape index (κ3) is 9.31. The molecule has 0 amide bonds. The van der Waals surface area contributed by atoms with Crippen LogP contribution in [0.15, 0.2) is 21.8 Å². The molecule has 1 rings (SSSR count). The van der Waals surface area contributed by atoms with Gasteiger partial charge in [0.05, 0.1) is 0 Å². The number of hydrogen-bond acceptors (Lipinski definition) is 3. The van der Waals surface area contributed by atoms with Crippen molar-refractivity contribution in [3.05, 3.63) is 22.4 Å². The molecule has 1 aromatic rings. The Bertz CT molecular complexity index is 371. The van der Waals surface area contributed by atoms with Crippen molar-refractivity contribution >= 4 is 41.3 Å². The van der Waals surface area contributed by atoms with Crippen molar-refractivity contribution in [3.63, 3.8) is 0 Å². The summed E-state index contributed by atoms with van der Waals surface area (Å²) in [4.78, 5) is 4.24. The van der Waals surface area contributed by atoms with Crippen molar-refractivity contribution in [2.45, 2.75) is 32.6 Å². The van der Waals surface area contributed by atoms with E-state index in [1.165, 1.54) is 5.56 Å². The highest BCUT2D eigenvalue weighted by Crippen LogP contribution is 2.16. The van der Waals surface area contributed by atoms with Gasteiger partial charge in [-0.15, -0.1) is 24.0 Å². The number of aliphatic imine (C=N–C) groups is 1. The molecule has 0 aliphatic carbocycles. The summed E-state index contributed by atoms with van der Waals surface area (Å²) < 4.78 is 5.31. The number of hydrogen-bond donors (Lipinski definition) is 2. The maximum absolute atomic E-state index is 5.31. The van der Waals surface area contributed by atoms with Crippen LogP contribution in [0.1, 0.15) is 38.2 Å². The lowest BCUT2D eigenvalue weighted by molar-refractivity contribution is 0.143. The predicted molar refractivity (Wildman–Crippen MR) is 103 cm³/mol. The van der Waals surface area contributed by atoms with Gasteiger partial charge in [-0.05, 0) is 48.1 Å². The molecule has 0 aliphatic rings. The summed E-state index contributed by atoms with van der Waals surface area (Å²) in [5.41, 5.74) is 1.38. The van der Waals surface area contributed by atoms with E-state index >= 15 is 0 Å². The molecule has 0 fully saturated rings. The van der Waals surface area contributed by atoms with Gasteiger partial charge < -0.3 is 15.4 Å². The summed E-state index contributed by atoms with van der Waals surface area (Å²) in [7, 11) is 1.81. The summed E-state index contributed by atoms with van der Waals surface area (Å²) in [5, 5.41) is 11.0. The number of nitrogens with one attached hydrogen (secondary N) is 2. The van der Waals surface area contributed by atoms with Gasteiger partial charge >= 0.3 is 0 Å². The van der Waals surface area contributed by atoms with Crippen LogP contribution in [0.4, 0.5) is 0 Å². The fourth-order valence-electron chi connectivity index (χ4n) is 1.82. The first-order chi connectivity index (χ1) is 9.77. The molecule has 0 saturated heterocycles. The Kier molecular flexibility index (Phi) is 13.1. The van der Waals surface area contributed by atoms with Gasteiger partial charge in [-0.2, -0.15) is 11.3 Å². The smallest absolute Gasteiger partial charge is 0.190 e. The fourth-order valence-corrected chi connectivity index (χ4v) is 2.61. The Balaban J connectivity index is 0.00000400. The Morgan fingerprint density at radius 2 is 2.19 bits per heavy atom. The van der Waals surface area contributed by atoms with Crippen molar-refractivity contribution in [2.24, 2.45) is 4.99 Å². The van der Waals surface area contributed by atoms with Crippen LogP contribution in [-0.4, -0.2) is 39.3 Å². The topological polar surface area (TPSA) is 45.6 Å². The second-order valence-electron chi connectivity index (χ2n) is 4.74. The second kappa shape index (κ2) is 13.3. The highest BCUT2D eigenvalue weighted by molar-refractivity contribution is 14.0. The van der Waals surface area contributed by atoms with Crippen LogP contribution in [0, 0.1) is 0 Å². The Morgan fingerprint density at radius 3 is 2.81 bits per heavy atom. The van der Waals surface area contributed by atoms with E-state index in [1.54, 1.807) is 11.3 Å². The van der Waals surface area contributed by atoms with Crippen LogP contribution >= 0.6 is 35.3 Å². The summed E-state index contributed by atoms with van der Waals surface area (Å²) in [6, 6.07) is 2.18. The van der Waals surface area contributed by atoms with Crippen molar-refractivity contribution in [1.29, 1.82) is 0 Å². The molecule has 1 aromatic heterocycles. The normalized spacial score (nSPS) is 12.6. The lowest BCUT2D eigenvalue weighted by Gasteiger charge is -2.15. The molecule has 0 spiro atoms. The minimum Gasteiger partial charge on any atom is -0.382 e. The van der Waals surface area contributed by atoms with E-state index in [1.807, 2.05) is 14.0 Å². The quantitative estimate of drug-likeness (QED) is 0.276. The van der Waals surface area contributed by atoms with Crippen LogP contribution in [0.25, 0.3) is 0 Å². The van der Waals surface area contributed by atoms with Crippen molar-refractivity contribution in [3.8, 4) is 0 Å². The number of nitrogens with zero attached hydrogens (tertiary/aromatic N) is 1. The van der Waals surface area contributed by atoms with E-state index in [2.05, 4.69) is 39.4 Å². The van der Waals surface area contributed by atoms with Crippen LogP contribution < -0.4 is 10.6 Å². The van der Waals surface area contributed by atoms with Gasteiger partial charge in [0.2, 0.25) is 0 Å². The molecule has 122 valence electrons. The van der Waals surface area contributed by atoms with E-state index in [0.717, 1.165) is 45.1 Å². The average Bonchev–Trinajstić information content (AvgIpc) is 2.99. The van der Waals surface area contributed by atoms with Gasteiger partial charge in [0, 0.05) is 33.4 Å². The van der Waals surface area contributed by atoms with Crippen LogP contribution in [0.5, 0.6) is 0 Å². The van der Waals surface area contributed by atoms with Gasteiger partial charge in [0.25, 0.3) is 0 Å². The number of halogens is 1. The van der Waals surface area contributed by atoms with E-state index in [4.69, 9.17) is 4.74 Å². The molecule has 21 heavy (non-hydrogen) atoms. The first kappa shape index (κ1) is 20.7. The monoisotopic (exact) mass is 425 g/mol. The molecule has 1 heterocycles. The zero-order valence-electron chi connectivity index (χ0n) is 13.2. The maximum Gasteiger partial charge on any atom is 0.190 e. The Hall–Kier alpha value is -0.340. The third-order valence-corrected chi connectivity index (χ3v) is 3.83. The molecular formula is C15H28IN3OS. The number of rotatable bonds is 9. The van der Waals surface area contributed by atoms with Crippen molar-refractivity contribution in [1.82, 2.24) is 10.6 Å². The van der Waals surface area contributed by atoms with Gasteiger partial charge in [0.15, 0.2) is 5.96 Å². The van der Waals surface area contributed by atoms with Crippen molar-refractivity contribution in [2.75, 3.05) is 33.4 Å². The molecule has 0 bridgehead atoms. The largest absolute Gasteiger partial charge is 0.382 e.